The third-order valence-electron chi connectivity index (χ3n) is 2.18. The first-order chi connectivity index (χ1) is 5.59. The van der Waals surface area contributed by atoms with Gasteiger partial charge in [-0.1, -0.05) is 20.8 Å². The molecule has 3 nitrogen and oxygen atoms in total. The average molecular weight is 171 g/mol. The second-order valence-electron chi connectivity index (χ2n) is 3.93. The summed E-state index contributed by atoms with van der Waals surface area (Å²) in [5, 5.41) is 2.66. The van der Waals surface area contributed by atoms with Crippen molar-refractivity contribution in [2.24, 2.45) is 11.8 Å². The van der Waals surface area contributed by atoms with Crippen LogP contribution in [0.1, 0.15) is 27.2 Å². The summed E-state index contributed by atoms with van der Waals surface area (Å²) in [6.07, 6.45) is 0.926. The number of carbonyl (C=O) groups excluding carboxylic acids is 1. The Hall–Kier alpha value is -0.730. The summed E-state index contributed by atoms with van der Waals surface area (Å²) in [7, 11) is 0. The molecule has 0 aromatic rings. The monoisotopic (exact) mass is 171 g/mol. The standard InChI is InChI=1S/C9H17NO2/c1-6(2)4-7(3)8-5-10-9(11)12-8/h6-8H,4-5H2,1-3H3,(H,10,11). The zero-order valence-electron chi connectivity index (χ0n) is 7.96. The Bertz CT molecular complexity index is 168. The molecule has 1 aliphatic rings. The molecule has 0 spiro atoms. The summed E-state index contributed by atoms with van der Waals surface area (Å²) in [6, 6.07) is 0. The lowest BCUT2D eigenvalue weighted by Crippen LogP contribution is -2.23. The number of amides is 1. The van der Waals surface area contributed by atoms with Crippen molar-refractivity contribution in [1.82, 2.24) is 5.32 Å². The molecular formula is C9H17NO2. The maximum absolute atomic E-state index is 10.7. The first kappa shape index (κ1) is 9.36. The Balaban J connectivity index is 2.32. The molecule has 1 N–H and O–H groups in total. The summed E-state index contributed by atoms with van der Waals surface area (Å²) < 4.78 is 5.07. The van der Waals surface area contributed by atoms with Crippen molar-refractivity contribution in [2.75, 3.05) is 6.54 Å². The van der Waals surface area contributed by atoms with Gasteiger partial charge in [0.15, 0.2) is 0 Å². The number of carbonyl (C=O) groups is 1. The second kappa shape index (κ2) is 3.78. The van der Waals surface area contributed by atoms with Gasteiger partial charge in [0.2, 0.25) is 0 Å². The number of hydrogen-bond donors (Lipinski definition) is 1. The first-order valence-corrected chi connectivity index (χ1v) is 4.54. The number of hydrogen-bond acceptors (Lipinski definition) is 2. The van der Waals surface area contributed by atoms with Crippen LogP contribution in [0.15, 0.2) is 0 Å². The van der Waals surface area contributed by atoms with Crippen LogP contribution in [0.5, 0.6) is 0 Å². The van der Waals surface area contributed by atoms with E-state index in [1.54, 1.807) is 0 Å². The molecule has 1 fully saturated rings. The van der Waals surface area contributed by atoms with Crippen molar-refractivity contribution >= 4 is 6.09 Å². The highest BCUT2D eigenvalue weighted by atomic mass is 16.6. The van der Waals surface area contributed by atoms with Gasteiger partial charge >= 0.3 is 6.09 Å². The van der Waals surface area contributed by atoms with Gasteiger partial charge in [0, 0.05) is 0 Å². The molecule has 0 bridgehead atoms. The quantitative estimate of drug-likeness (QED) is 0.703. The highest BCUT2D eigenvalue weighted by Crippen LogP contribution is 2.19. The van der Waals surface area contributed by atoms with Gasteiger partial charge in [-0.15, -0.1) is 0 Å². The summed E-state index contributed by atoms with van der Waals surface area (Å²) in [5.41, 5.74) is 0. The van der Waals surface area contributed by atoms with Crippen LogP contribution in [0.2, 0.25) is 0 Å². The summed E-state index contributed by atoms with van der Waals surface area (Å²) in [4.78, 5) is 10.7. The van der Waals surface area contributed by atoms with Crippen molar-refractivity contribution in [3.63, 3.8) is 0 Å². The largest absolute Gasteiger partial charge is 0.444 e. The third kappa shape index (κ3) is 2.40. The molecule has 2 atom stereocenters. The molecule has 1 rings (SSSR count). The smallest absolute Gasteiger partial charge is 0.407 e. The van der Waals surface area contributed by atoms with Crippen LogP contribution in [0, 0.1) is 11.8 Å². The van der Waals surface area contributed by atoms with Crippen LogP contribution in [-0.4, -0.2) is 18.7 Å². The van der Waals surface area contributed by atoms with Crippen molar-refractivity contribution in [1.29, 1.82) is 0 Å². The number of cyclic esters (lactones) is 1. The van der Waals surface area contributed by atoms with Gasteiger partial charge in [0.25, 0.3) is 0 Å². The molecule has 2 unspecified atom stereocenters. The topological polar surface area (TPSA) is 38.3 Å². The second-order valence-corrected chi connectivity index (χ2v) is 3.93. The lowest BCUT2D eigenvalue weighted by molar-refractivity contribution is 0.103. The summed E-state index contributed by atoms with van der Waals surface area (Å²) in [5.74, 6) is 1.13. The van der Waals surface area contributed by atoms with Crippen LogP contribution >= 0.6 is 0 Å². The Morgan fingerprint density at radius 3 is 2.67 bits per heavy atom. The number of ether oxygens (including phenoxy) is 1. The predicted molar refractivity (Wildman–Crippen MR) is 46.9 cm³/mol. The molecule has 12 heavy (non-hydrogen) atoms. The molecule has 0 aliphatic carbocycles. The molecular weight excluding hydrogens is 154 g/mol. The summed E-state index contributed by atoms with van der Waals surface area (Å²) >= 11 is 0. The van der Waals surface area contributed by atoms with E-state index in [-0.39, 0.29) is 12.2 Å². The van der Waals surface area contributed by atoms with Gasteiger partial charge < -0.3 is 10.1 Å². The van der Waals surface area contributed by atoms with E-state index in [0.717, 1.165) is 6.42 Å². The van der Waals surface area contributed by atoms with Gasteiger partial charge in [-0.25, -0.2) is 4.79 Å². The van der Waals surface area contributed by atoms with Gasteiger partial charge in [0.05, 0.1) is 6.54 Å². The molecule has 1 saturated heterocycles. The van der Waals surface area contributed by atoms with Crippen molar-refractivity contribution in [3.05, 3.63) is 0 Å². The van der Waals surface area contributed by atoms with Crippen LogP contribution in [-0.2, 0) is 4.74 Å². The van der Waals surface area contributed by atoms with E-state index in [4.69, 9.17) is 4.74 Å². The molecule has 0 aromatic heterocycles. The Morgan fingerprint density at radius 1 is 1.58 bits per heavy atom. The molecule has 3 heteroatoms. The minimum Gasteiger partial charge on any atom is -0.444 e. The van der Waals surface area contributed by atoms with Crippen LogP contribution in [0.3, 0.4) is 0 Å². The normalized spacial score (nSPS) is 25.3. The van der Waals surface area contributed by atoms with E-state index in [1.165, 1.54) is 0 Å². The highest BCUT2D eigenvalue weighted by molar-refractivity contribution is 5.69. The molecule has 70 valence electrons. The van der Waals surface area contributed by atoms with E-state index < -0.39 is 0 Å². The highest BCUT2D eigenvalue weighted by Gasteiger charge is 2.27. The Kier molecular flexibility index (Phi) is 2.95. The average Bonchev–Trinajstić information content (AvgIpc) is 2.34. The SMILES string of the molecule is CC(C)CC(C)C1CNC(=O)O1. The van der Waals surface area contributed by atoms with Gasteiger partial charge in [-0.2, -0.15) is 0 Å². The fourth-order valence-corrected chi connectivity index (χ4v) is 1.62. The van der Waals surface area contributed by atoms with Crippen molar-refractivity contribution < 1.29 is 9.53 Å². The van der Waals surface area contributed by atoms with E-state index in [0.29, 0.717) is 18.4 Å². The molecule has 1 amide bonds. The molecule has 0 saturated carbocycles. The lowest BCUT2D eigenvalue weighted by atomic mass is 9.94. The number of alkyl carbamates (subject to hydrolysis) is 1. The van der Waals surface area contributed by atoms with Crippen molar-refractivity contribution in [2.45, 2.75) is 33.3 Å². The number of nitrogens with one attached hydrogen (secondary N) is 1. The summed E-state index contributed by atoms with van der Waals surface area (Å²) in [6.45, 7) is 7.17. The minimum absolute atomic E-state index is 0.0832. The molecule has 1 aliphatic heterocycles. The zero-order valence-corrected chi connectivity index (χ0v) is 7.96. The fourth-order valence-electron chi connectivity index (χ4n) is 1.62. The van der Waals surface area contributed by atoms with E-state index in [9.17, 15) is 4.79 Å². The van der Waals surface area contributed by atoms with Crippen LogP contribution < -0.4 is 5.32 Å². The first-order valence-electron chi connectivity index (χ1n) is 4.54. The van der Waals surface area contributed by atoms with Crippen molar-refractivity contribution in [3.8, 4) is 0 Å². The lowest BCUT2D eigenvalue weighted by Gasteiger charge is -2.18. The van der Waals surface area contributed by atoms with Gasteiger partial charge in [-0.05, 0) is 18.3 Å². The maximum atomic E-state index is 10.7. The fraction of sp³-hybridized carbons (Fsp3) is 0.889. The molecule has 0 aromatic carbocycles. The van der Waals surface area contributed by atoms with Crippen LogP contribution in [0.4, 0.5) is 4.79 Å². The van der Waals surface area contributed by atoms with E-state index in [1.807, 2.05) is 0 Å². The maximum Gasteiger partial charge on any atom is 0.407 e. The van der Waals surface area contributed by atoms with E-state index >= 15 is 0 Å². The Labute approximate surface area is 73.5 Å². The van der Waals surface area contributed by atoms with E-state index in [2.05, 4.69) is 26.1 Å². The predicted octanol–water partition coefficient (Wildman–Crippen LogP) is 1.78. The Morgan fingerprint density at radius 2 is 2.25 bits per heavy atom. The third-order valence-corrected chi connectivity index (χ3v) is 2.18. The molecule has 0 radical (unpaired) electrons. The zero-order chi connectivity index (χ0) is 9.14. The van der Waals surface area contributed by atoms with Gasteiger partial charge in [-0.3, -0.25) is 0 Å². The molecule has 1 heterocycles. The van der Waals surface area contributed by atoms with Crippen LogP contribution in [0.25, 0.3) is 0 Å². The van der Waals surface area contributed by atoms with Gasteiger partial charge in [0.1, 0.15) is 6.10 Å². The minimum atomic E-state index is -0.268. The number of rotatable bonds is 3.